The van der Waals surface area contributed by atoms with Gasteiger partial charge in [0, 0.05) is 23.3 Å². The lowest BCUT2D eigenvalue weighted by Crippen LogP contribution is -2.31. The lowest BCUT2D eigenvalue weighted by Gasteiger charge is -2.18. The van der Waals surface area contributed by atoms with E-state index in [0.29, 0.717) is 0 Å². The summed E-state index contributed by atoms with van der Waals surface area (Å²) >= 11 is 0. The highest BCUT2D eigenvalue weighted by Gasteiger charge is 2.32. The fourth-order valence-electron chi connectivity index (χ4n) is 4.26. The number of fused-ring (bicyclic) bond motifs is 1. The van der Waals surface area contributed by atoms with Crippen LogP contribution in [0.1, 0.15) is 30.5 Å². The SMILES string of the molecule is CCC1NC(c2c(OC)c(-c3ccccc3)nc3ccccc23)=NC1c1cccnc1. The molecule has 0 amide bonds. The Balaban J connectivity index is 1.74. The third kappa shape index (κ3) is 3.42. The van der Waals surface area contributed by atoms with E-state index in [1.807, 2.05) is 48.7 Å². The largest absolute Gasteiger partial charge is 0.494 e. The highest BCUT2D eigenvalue weighted by atomic mass is 16.5. The molecule has 0 bridgehead atoms. The van der Waals surface area contributed by atoms with Gasteiger partial charge in [0.05, 0.1) is 30.3 Å². The Bertz CT molecular complexity index is 1240. The minimum Gasteiger partial charge on any atom is -0.494 e. The van der Waals surface area contributed by atoms with Gasteiger partial charge in [0.25, 0.3) is 0 Å². The Labute approximate surface area is 181 Å². The van der Waals surface area contributed by atoms with Crippen molar-refractivity contribution in [3.05, 3.63) is 90.3 Å². The Morgan fingerprint density at radius 1 is 0.968 bits per heavy atom. The second-order valence-electron chi connectivity index (χ2n) is 7.62. The highest BCUT2D eigenvalue weighted by Crippen LogP contribution is 2.39. The zero-order valence-corrected chi connectivity index (χ0v) is 17.6. The molecule has 1 aliphatic rings. The van der Waals surface area contributed by atoms with Crippen LogP contribution in [0.3, 0.4) is 0 Å². The van der Waals surface area contributed by atoms with E-state index >= 15 is 0 Å². The van der Waals surface area contributed by atoms with Gasteiger partial charge in [-0.05, 0) is 24.1 Å². The standard InChI is InChI=1S/C26H24N4O/c1-3-20-23(18-12-9-15-27-16-18)30-26(29-20)22-19-13-7-8-14-21(19)28-24(25(22)31-2)17-10-5-4-6-11-17/h4-16,20,23H,3H2,1-2H3,(H,29,30). The van der Waals surface area contributed by atoms with E-state index in [9.17, 15) is 0 Å². The fourth-order valence-corrected chi connectivity index (χ4v) is 4.26. The van der Waals surface area contributed by atoms with E-state index < -0.39 is 0 Å². The summed E-state index contributed by atoms with van der Waals surface area (Å²) in [6.07, 6.45) is 4.64. The lowest BCUT2D eigenvalue weighted by molar-refractivity contribution is 0.414. The first-order chi connectivity index (χ1) is 15.3. The van der Waals surface area contributed by atoms with Crippen LogP contribution in [-0.2, 0) is 0 Å². The quantitative estimate of drug-likeness (QED) is 0.495. The van der Waals surface area contributed by atoms with Crippen LogP contribution in [-0.4, -0.2) is 29.0 Å². The first-order valence-electron chi connectivity index (χ1n) is 10.6. The lowest BCUT2D eigenvalue weighted by atomic mass is 10.0. The number of rotatable bonds is 5. The molecule has 0 radical (unpaired) electrons. The predicted molar refractivity (Wildman–Crippen MR) is 124 cm³/mol. The second kappa shape index (κ2) is 8.19. The number of methoxy groups -OCH3 is 1. The molecule has 154 valence electrons. The van der Waals surface area contributed by atoms with Gasteiger partial charge in [0.15, 0.2) is 5.75 Å². The number of ether oxygens (including phenoxy) is 1. The Morgan fingerprint density at radius 3 is 2.52 bits per heavy atom. The molecular weight excluding hydrogens is 384 g/mol. The van der Waals surface area contributed by atoms with Gasteiger partial charge in [-0.1, -0.05) is 61.5 Å². The van der Waals surface area contributed by atoms with Crippen molar-refractivity contribution in [1.82, 2.24) is 15.3 Å². The van der Waals surface area contributed by atoms with Gasteiger partial charge in [-0.25, -0.2) is 4.98 Å². The zero-order chi connectivity index (χ0) is 21.2. The van der Waals surface area contributed by atoms with Crippen molar-refractivity contribution >= 4 is 16.7 Å². The number of para-hydroxylation sites is 1. The third-order valence-electron chi connectivity index (χ3n) is 5.77. The number of aromatic nitrogens is 2. The van der Waals surface area contributed by atoms with Crippen LogP contribution in [0.15, 0.2) is 84.1 Å². The summed E-state index contributed by atoms with van der Waals surface area (Å²) in [6.45, 7) is 2.18. The molecule has 5 nitrogen and oxygen atoms in total. The second-order valence-corrected chi connectivity index (χ2v) is 7.62. The summed E-state index contributed by atoms with van der Waals surface area (Å²) in [4.78, 5) is 14.4. The van der Waals surface area contributed by atoms with Gasteiger partial charge in [-0.2, -0.15) is 0 Å². The van der Waals surface area contributed by atoms with E-state index in [0.717, 1.165) is 51.3 Å². The van der Waals surface area contributed by atoms with Crippen LogP contribution >= 0.6 is 0 Å². The van der Waals surface area contributed by atoms with Crippen LogP contribution < -0.4 is 10.1 Å². The highest BCUT2D eigenvalue weighted by molar-refractivity contribution is 6.13. The number of pyridine rings is 2. The molecule has 2 atom stereocenters. The first-order valence-corrected chi connectivity index (χ1v) is 10.6. The molecule has 1 N–H and O–H groups in total. The third-order valence-corrected chi connectivity index (χ3v) is 5.77. The van der Waals surface area contributed by atoms with Crippen molar-refractivity contribution in [2.24, 2.45) is 4.99 Å². The van der Waals surface area contributed by atoms with E-state index in [1.165, 1.54) is 0 Å². The Kier molecular flexibility index (Phi) is 5.08. The fraction of sp³-hybridized carbons (Fsp3) is 0.192. The van der Waals surface area contributed by atoms with E-state index in [2.05, 4.69) is 41.5 Å². The first kappa shape index (κ1) is 19.2. The molecule has 3 heterocycles. The number of hydrogen-bond acceptors (Lipinski definition) is 5. The maximum absolute atomic E-state index is 5.97. The van der Waals surface area contributed by atoms with Crippen molar-refractivity contribution in [3.63, 3.8) is 0 Å². The summed E-state index contributed by atoms with van der Waals surface area (Å²) < 4.78 is 5.97. The minimum absolute atomic E-state index is 0.00510. The molecule has 2 unspecified atom stereocenters. The molecule has 0 saturated heterocycles. The van der Waals surface area contributed by atoms with Gasteiger partial charge in [-0.3, -0.25) is 9.98 Å². The number of aliphatic imine (C=N–C) groups is 1. The van der Waals surface area contributed by atoms with Crippen LogP contribution in [0.5, 0.6) is 5.75 Å². The maximum Gasteiger partial charge on any atom is 0.156 e. The predicted octanol–water partition coefficient (Wildman–Crippen LogP) is 5.18. The molecule has 5 heteroatoms. The minimum atomic E-state index is 0.00510. The Hall–Kier alpha value is -3.73. The monoisotopic (exact) mass is 408 g/mol. The summed E-state index contributed by atoms with van der Waals surface area (Å²) in [7, 11) is 1.70. The van der Waals surface area contributed by atoms with Crippen molar-refractivity contribution < 1.29 is 4.74 Å². The Morgan fingerprint density at radius 2 is 1.77 bits per heavy atom. The normalized spacial score (nSPS) is 17.9. The van der Waals surface area contributed by atoms with Gasteiger partial charge in [-0.15, -0.1) is 0 Å². The van der Waals surface area contributed by atoms with Gasteiger partial charge < -0.3 is 10.1 Å². The van der Waals surface area contributed by atoms with Crippen LogP contribution in [0.2, 0.25) is 0 Å². The van der Waals surface area contributed by atoms with E-state index in [4.69, 9.17) is 14.7 Å². The van der Waals surface area contributed by atoms with Crippen LogP contribution in [0.4, 0.5) is 0 Å². The molecule has 1 aliphatic heterocycles. The summed E-state index contributed by atoms with van der Waals surface area (Å²) in [5.41, 5.74) is 4.81. The van der Waals surface area contributed by atoms with Gasteiger partial charge in [0.1, 0.15) is 11.5 Å². The number of benzene rings is 2. The molecule has 4 aromatic rings. The zero-order valence-electron chi connectivity index (χ0n) is 17.6. The molecule has 31 heavy (non-hydrogen) atoms. The van der Waals surface area contributed by atoms with Crippen molar-refractivity contribution in [1.29, 1.82) is 0 Å². The molecule has 2 aromatic carbocycles. The summed E-state index contributed by atoms with van der Waals surface area (Å²) in [5.74, 6) is 1.58. The molecular formula is C26H24N4O. The van der Waals surface area contributed by atoms with Crippen molar-refractivity contribution in [3.8, 4) is 17.0 Å². The van der Waals surface area contributed by atoms with Crippen LogP contribution in [0.25, 0.3) is 22.2 Å². The maximum atomic E-state index is 5.97. The van der Waals surface area contributed by atoms with Crippen molar-refractivity contribution in [2.45, 2.75) is 25.4 Å². The molecule has 0 saturated carbocycles. The molecule has 0 fully saturated rings. The number of hydrogen-bond donors (Lipinski definition) is 1. The average Bonchev–Trinajstić information content (AvgIpc) is 3.28. The smallest absolute Gasteiger partial charge is 0.156 e. The molecule has 2 aromatic heterocycles. The molecule has 0 spiro atoms. The molecule has 5 rings (SSSR count). The topological polar surface area (TPSA) is 59.4 Å². The number of nitrogens with one attached hydrogen (secondary N) is 1. The number of amidine groups is 1. The summed E-state index contributed by atoms with van der Waals surface area (Å²) in [5, 5.41) is 4.69. The van der Waals surface area contributed by atoms with E-state index in [-0.39, 0.29) is 12.1 Å². The van der Waals surface area contributed by atoms with Crippen LogP contribution in [0, 0.1) is 0 Å². The van der Waals surface area contributed by atoms with E-state index in [1.54, 1.807) is 13.3 Å². The summed E-state index contributed by atoms with van der Waals surface area (Å²) in [6, 6.07) is 22.6. The number of nitrogens with zero attached hydrogens (tertiary/aromatic N) is 3. The van der Waals surface area contributed by atoms with Gasteiger partial charge >= 0.3 is 0 Å². The van der Waals surface area contributed by atoms with Gasteiger partial charge in [0.2, 0.25) is 0 Å². The average molecular weight is 409 g/mol. The van der Waals surface area contributed by atoms with Crippen molar-refractivity contribution in [2.75, 3.05) is 7.11 Å². The molecule has 0 aliphatic carbocycles.